The molecule has 4 aromatic rings. The van der Waals surface area contributed by atoms with Gasteiger partial charge >= 0.3 is 11.9 Å². The van der Waals surface area contributed by atoms with Gasteiger partial charge in [-0.1, -0.05) is 30.3 Å². The Hall–Kier alpha value is -5.30. The minimum Gasteiger partial charge on any atom is -0.466 e. The number of nitrogens with zero attached hydrogens (tertiary/aromatic N) is 2. The lowest BCUT2D eigenvalue weighted by atomic mass is 9.90. The highest BCUT2D eigenvalue weighted by molar-refractivity contribution is 6.04. The van der Waals surface area contributed by atoms with E-state index in [-0.39, 0.29) is 44.1 Å². The normalized spacial score (nSPS) is 14.6. The zero-order valence-electron chi connectivity index (χ0n) is 35.2. The molecule has 0 unspecified atom stereocenters. The van der Waals surface area contributed by atoms with E-state index in [2.05, 4.69) is 20.6 Å². The Morgan fingerprint density at radius 2 is 1.33 bits per heavy atom. The van der Waals surface area contributed by atoms with Gasteiger partial charge in [-0.2, -0.15) is 0 Å². The van der Waals surface area contributed by atoms with Crippen molar-refractivity contribution in [2.45, 2.75) is 122 Å². The van der Waals surface area contributed by atoms with Gasteiger partial charge in [0.1, 0.15) is 11.4 Å². The summed E-state index contributed by atoms with van der Waals surface area (Å²) in [5.74, 6) is -0.433. The van der Waals surface area contributed by atoms with Crippen molar-refractivity contribution in [2.24, 2.45) is 0 Å². The second-order valence-electron chi connectivity index (χ2n) is 16.1. The number of hydrogen-bond acceptors (Lipinski definition) is 11. The van der Waals surface area contributed by atoms with Gasteiger partial charge in [-0.05, 0) is 153 Å². The SMILES string of the molecule is CCOC(=O)C[C@H](O)CCCc1cnc(C(=O)Nc2cccc(-c3cccc(CC(=O)c4cc(C5CC5)c(CNC[C@@H](O)CC(=O)OCC)cn4)c3C)c2C)cc1C1CC1. The van der Waals surface area contributed by atoms with Crippen molar-refractivity contribution < 1.29 is 38.9 Å². The largest absolute Gasteiger partial charge is 0.466 e. The van der Waals surface area contributed by atoms with Gasteiger partial charge in [0.2, 0.25) is 0 Å². The zero-order valence-corrected chi connectivity index (χ0v) is 35.2. The number of ether oxygens (including phenoxy) is 2. The van der Waals surface area contributed by atoms with Crippen LogP contribution in [-0.2, 0) is 38.4 Å². The van der Waals surface area contributed by atoms with Gasteiger partial charge < -0.3 is 30.3 Å². The number of hydrogen-bond donors (Lipinski definition) is 4. The van der Waals surface area contributed by atoms with Crippen LogP contribution in [-0.4, -0.2) is 75.8 Å². The molecule has 2 aliphatic carbocycles. The molecule has 12 heteroatoms. The van der Waals surface area contributed by atoms with E-state index in [9.17, 15) is 29.4 Å². The number of esters is 2. The summed E-state index contributed by atoms with van der Waals surface area (Å²) in [5, 5.41) is 26.8. The predicted octanol–water partition coefficient (Wildman–Crippen LogP) is 7.23. The number of anilines is 1. The van der Waals surface area contributed by atoms with E-state index in [1.807, 2.05) is 62.4 Å². The molecule has 2 aliphatic rings. The number of rotatable bonds is 22. The third-order valence-electron chi connectivity index (χ3n) is 11.4. The molecule has 0 bridgehead atoms. The Labute approximate surface area is 352 Å². The molecule has 2 atom stereocenters. The quantitative estimate of drug-likeness (QED) is 0.0465. The minimum atomic E-state index is -0.857. The number of amides is 1. The van der Waals surface area contributed by atoms with Gasteiger partial charge in [0.25, 0.3) is 5.91 Å². The molecule has 0 aliphatic heterocycles. The van der Waals surface area contributed by atoms with E-state index < -0.39 is 24.1 Å². The van der Waals surface area contributed by atoms with Gasteiger partial charge in [-0.15, -0.1) is 0 Å². The summed E-state index contributed by atoms with van der Waals surface area (Å²) in [6.07, 6.45) is 8.09. The first-order valence-electron chi connectivity index (χ1n) is 21.3. The number of aromatic nitrogens is 2. The van der Waals surface area contributed by atoms with Crippen LogP contribution in [0, 0.1) is 13.8 Å². The first-order valence-corrected chi connectivity index (χ1v) is 21.3. The summed E-state index contributed by atoms with van der Waals surface area (Å²) in [4.78, 5) is 60.0. The van der Waals surface area contributed by atoms with Crippen LogP contribution in [0.15, 0.2) is 60.9 Å². The summed E-state index contributed by atoms with van der Waals surface area (Å²) in [6.45, 7) is 8.73. The molecular formula is C48H58N4O8. The molecule has 60 heavy (non-hydrogen) atoms. The Morgan fingerprint density at radius 1 is 0.750 bits per heavy atom. The molecule has 0 spiro atoms. The number of aryl methyl sites for hydroxylation is 1. The van der Waals surface area contributed by atoms with Crippen molar-refractivity contribution >= 4 is 29.3 Å². The first-order chi connectivity index (χ1) is 28.9. The molecule has 2 saturated carbocycles. The molecule has 318 valence electrons. The molecule has 0 radical (unpaired) electrons. The standard InChI is InChI=1S/C48H58N4O8/c1-5-59-46(56)21-36(53)12-7-11-34-26-51-44(24-40(34)31-16-17-31)48(58)52-42-15-9-14-39(30(42)4)38-13-8-10-33(29(38)3)20-45(55)43-23-41(32-18-19-32)35(27-50-43)25-49-28-37(54)22-47(57)60-6-2/h8-10,13-15,23-24,26-27,31-32,36-37,49,53-54H,5-7,11-12,16-22,25,28H2,1-4H3,(H,52,58)/t36-,37+/m1/s1. The van der Waals surface area contributed by atoms with Crippen LogP contribution < -0.4 is 10.6 Å². The highest BCUT2D eigenvalue weighted by atomic mass is 16.5. The van der Waals surface area contributed by atoms with Gasteiger partial charge in [0.05, 0.1) is 38.3 Å². The number of nitrogens with one attached hydrogen (secondary N) is 2. The molecule has 2 fully saturated rings. The minimum absolute atomic E-state index is 0.0165. The summed E-state index contributed by atoms with van der Waals surface area (Å²) >= 11 is 0. The number of aliphatic hydroxyl groups excluding tert-OH is 2. The summed E-state index contributed by atoms with van der Waals surface area (Å²) in [7, 11) is 0. The van der Waals surface area contributed by atoms with Crippen LogP contribution in [0.25, 0.3) is 11.1 Å². The lowest BCUT2D eigenvalue weighted by Gasteiger charge is -2.17. The molecule has 2 heterocycles. The molecule has 0 saturated heterocycles. The number of benzene rings is 2. The van der Waals surface area contributed by atoms with Crippen LogP contribution in [0.4, 0.5) is 5.69 Å². The monoisotopic (exact) mass is 818 g/mol. The maximum Gasteiger partial charge on any atom is 0.308 e. The van der Waals surface area contributed by atoms with E-state index >= 15 is 0 Å². The summed E-state index contributed by atoms with van der Waals surface area (Å²) < 4.78 is 9.87. The Bertz CT molecular complexity index is 2030. The number of ketones is 1. The van der Waals surface area contributed by atoms with Gasteiger partial charge in [0, 0.05) is 37.6 Å². The number of pyridine rings is 2. The van der Waals surface area contributed by atoms with Crippen molar-refractivity contribution in [3.8, 4) is 11.1 Å². The zero-order chi connectivity index (χ0) is 42.8. The van der Waals surface area contributed by atoms with Crippen LogP contribution in [0.2, 0.25) is 0 Å². The van der Waals surface area contributed by atoms with Gasteiger partial charge in [0.15, 0.2) is 5.78 Å². The van der Waals surface area contributed by atoms with Crippen molar-refractivity contribution in [1.82, 2.24) is 15.3 Å². The highest BCUT2D eigenvalue weighted by Gasteiger charge is 2.29. The van der Waals surface area contributed by atoms with Gasteiger partial charge in [-0.3, -0.25) is 29.1 Å². The van der Waals surface area contributed by atoms with Crippen molar-refractivity contribution in [1.29, 1.82) is 0 Å². The topological polar surface area (TPSA) is 177 Å². The van der Waals surface area contributed by atoms with Crippen LogP contribution in [0.5, 0.6) is 0 Å². The maximum atomic E-state index is 13.7. The number of Topliss-reactive ketones (excluding diaryl/α,β-unsaturated/α-hetero) is 1. The van der Waals surface area contributed by atoms with E-state index in [1.54, 1.807) is 26.2 Å². The average Bonchev–Trinajstić information content (AvgIpc) is 4.15. The molecule has 2 aromatic carbocycles. The maximum absolute atomic E-state index is 13.7. The van der Waals surface area contributed by atoms with Crippen molar-refractivity contribution in [2.75, 3.05) is 25.1 Å². The second-order valence-corrected chi connectivity index (χ2v) is 16.1. The first kappa shape index (κ1) is 44.3. The molecule has 12 nitrogen and oxygen atoms in total. The Morgan fingerprint density at radius 3 is 2.00 bits per heavy atom. The molecular weight excluding hydrogens is 761 g/mol. The molecule has 1 amide bonds. The predicted molar refractivity (Wildman–Crippen MR) is 229 cm³/mol. The number of carbonyl (C=O) groups is 4. The summed E-state index contributed by atoms with van der Waals surface area (Å²) in [6, 6.07) is 15.6. The third-order valence-corrected chi connectivity index (χ3v) is 11.4. The van der Waals surface area contributed by atoms with E-state index in [0.717, 1.165) is 75.8 Å². The number of carbonyl (C=O) groups excluding carboxylic acids is 4. The van der Waals surface area contributed by atoms with Crippen LogP contribution >= 0.6 is 0 Å². The average molecular weight is 819 g/mol. The van der Waals surface area contributed by atoms with Crippen molar-refractivity contribution in [3.05, 3.63) is 111 Å². The van der Waals surface area contributed by atoms with Crippen molar-refractivity contribution in [3.63, 3.8) is 0 Å². The summed E-state index contributed by atoms with van der Waals surface area (Å²) in [5.41, 5.74) is 10.4. The molecule has 2 aromatic heterocycles. The van der Waals surface area contributed by atoms with E-state index in [1.165, 1.54) is 0 Å². The molecule has 6 rings (SSSR count). The number of aliphatic hydroxyl groups is 2. The van der Waals surface area contributed by atoms with Gasteiger partial charge in [-0.25, -0.2) is 0 Å². The Kier molecular flexibility index (Phi) is 15.3. The van der Waals surface area contributed by atoms with E-state index in [0.29, 0.717) is 61.3 Å². The molecule has 4 N–H and O–H groups in total. The van der Waals surface area contributed by atoms with Crippen LogP contribution in [0.3, 0.4) is 0 Å². The fraction of sp³-hybridized carbons (Fsp3) is 0.458. The second kappa shape index (κ2) is 20.8. The van der Waals surface area contributed by atoms with Crippen LogP contribution in [0.1, 0.15) is 137 Å². The smallest absolute Gasteiger partial charge is 0.308 e. The lowest BCUT2D eigenvalue weighted by molar-refractivity contribution is -0.146. The Balaban J connectivity index is 1.10. The third kappa shape index (κ3) is 11.9. The fourth-order valence-corrected chi connectivity index (χ4v) is 7.76. The highest BCUT2D eigenvalue weighted by Crippen LogP contribution is 2.43. The fourth-order valence-electron chi connectivity index (χ4n) is 7.76. The van der Waals surface area contributed by atoms with E-state index in [4.69, 9.17) is 9.47 Å². The lowest BCUT2D eigenvalue weighted by Crippen LogP contribution is -2.29.